The molecule has 174 valence electrons. The van der Waals surface area contributed by atoms with E-state index >= 15 is 0 Å². The molecule has 2 aromatic heterocycles. The minimum atomic E-state index is -0.960. The predicted molar refractivity (Wildman–Crippen MR) is 135 cm³/mol. The van der Waals surface area contributed by atoms with Crippen molar-refractivity contribution < 1.29 is 19.4 Å². The lowest BCUT2D eigenvalue weighted by Gasteiger charge is -2.13. The van der Waals surface area contributed by atoms with Gasteiger partial charge in [0.25, 0.3) is 0 Å². The summed E-state index contributed by atoms with van der Waals surface area (Å²) < 4.78 is 13.8. The molecule has 35 heavy (non-hydrogen) atoms. The number of benzene rings is 3. The van der Waals surface area contributed by atoms with E-state index in [1.54, 1.807) is 17.7 Å². The van der Waals surface area contributed by atoms with Crippen LogP contribution in [0.25, 0.3) is 22.0 Å². The number of aromatic carboxylic acids is 1. The van der Waals surface area contributed by atoms with E-state index < -0.39 is 5.97 Å². The fraction of sp³-hybridized carbons (Fsp3) is 0.103. The molecule has 0 aliphatic carbocycles. The van der Waals surface area contributed by atoms with Crippen LogP contribution in [0.15, 0.2) is 97.1 Å². The Morgan fingerprint density at radius 2 is 1.49 bits per heavy atom. The second-order valence-corrected chi connectivity index (χ2v) is 8.22. The second-order valence-electron chi connectivity index (χ2n) is 8.22. The van der Waals surface area contributed by atoms with Gasteiger partial charge in [0.15, 0.2) is 0 Å². The normalized spacial score (nSPS) is 10.9. The highest BCUT2D eigenvalue weighted by molar-refractivity contribution is 5.96. The average molecular weight is 465 g/mol. The number of fused-ring (bicyclic) bond motifs is 1. The SMILES string of the molecule is Cn1c(C(=O)O)cc2cc(-c3ccc(OCc4ccccc4)nc3OCc3ccccc3)ccc21. The van der Waals surface area contributed by atoms with Gasteiger partial charge in [-0.1, -0.05) is 66.7 Å². The molecule has 5 aromatic rings. The van der Waals surface area contributed by atoms with Crippen molar-refractivity contribution in [3.8, 4) is 22.9 Å². The van der Waals surface area contributed by atoms with E-state index in [-0.39, 0.29) is 5.69 Å². The quantitative estimate of drug-likeness (QED) is 0.301. The molecular formula is C29H24N2O4. The lowest BCUT2D eigenvalue weighted by atomic mass is 10.0. The van der Waals surface area contributed by atoms with Crippen molar-refractivity contribution in [3.63, 3.8) is 0 Å². The maximum Gasteiger partial charge on any atom is 0.352 e. The number of pyridine rings is 1. The van der Waals surface area contributed by atoms with Gasteiger partial charge >= 0.3 is 5.97 Å². The molecule has 0 aliphatic heterocycles. The summed E-state index contributed by atoms with van der Waals surface area (Å²) in [5.41, 5.74) is 4.84. The highest BCUT2D eigenvalue weighted by Crippen LogP contribution is 2.34. The Morgan fingerprint density at radius 1 is 0.829 bits per heavy atom. The molecule has 6 nitrogen and oxygen atoms in total. The van der Waals surface area contributed by atoms with Crippen molar-refractivity contribution in [2.45, 2.75) is 13.2 Å². The number of nitrogens with zero attached hydrogens (tertiary/aromatic N) is 2. The molecule has 0 saturated carbocycles. The molecule has 6 heteroatoms. The number of ether oxygens (including phenoxy) is 2. The Hall–Kier alpha value is -4.58. The van der Waals surface area contributed by atoms with Crippen LogP contribution in [0.3, 0.4) is 0 Å². The summed E-state index contributed by atoms with van der Waals surface area (Å²) in [5, 5.41) is 10.3. The Morgan fingerprint density at radius 3 is 2.14 bits per heavy atom. The van der Waals surface area contributed by atoms with Gasteiger partial charge in [-0.15, -0.1) is 0 Å². The number of hydrogen-bond acceptors (Lipinski definition) is 4. The third-order valence-corrected chi connectivity index (χ3v) is 5.86. The van der Waals surface area contributed by atoms with Gasteiger partial charge in [-0.25, -0.2) is 4.79 Å². The highest BCUT2D eigenvalue weighted by Gasteiger charge is 2.15. The lowest BCUT2D eigenvalue weighted by molar-refractivity contribution is 0.0687. The van der Waals surface area contributed by atoms with E-state index in [4.69, 9.17) is 9.47 Å². The molecule has 0 radical (unpaired) electrons. The Balaban J connectivity index is 1.49. The van der Waals surface area contributed by atoms with Gasteiger partial charge in [-0.3, -0.25) is 0 Å². The maximum absolute atomic E-state index is 11.6. The van der Waals surface area contributed by atoms with Gasteiger partial charge in [0, 0.05) is 29.6 Å². The molecule has 0 amide bonds. The molecule has 5 rings (SSSR count). The zero-order valence-electron chi connectivity index (χ0n) is 19.2. The minimum Gasteiger partial charge on any atom is -0.477 e. The van der Waals surface area contributed by atoms with Crippen LogP contribution in [0.1, 0.15) is 21.6 Å². The molecule has 0 fully saturated rings. The van der Waals surface area contributed by atoms with Gasteiger partial charge in [-0.05, 0) is 41.0 Å². The van der Waals surface area contributed by atoms with Crippen molar-refractivity contribution in [2.75, 3.05) is 0 Å². The van der Waals surface area contributed by atoms with Crippen molar-refractivity contribution >= 4 is 16.9 Å². The Kier molecular flexibility index (Phi) is 6.18. The van der Waals surface area contributed by atoms with Crippen LogP contribution in [-0.2, 0) is 20.3 Å². The number of carbonyl (C=O) groups is 1. The van der Waals surface area contributed by atoms with E-state index in [1.807, 2.05) is 91.0 Å². The van der Waals surface area contributed by atoms with Crippen LogP contribution in [0.2, 0.25) is 0 Å². The zero-order valence-corrected chi connectivity index (χ0v) is 19.2. The smallest absolute Gasteiger partial charge is 0.352 e. The monoisotopic (exact) mass is 464 g/mol. The van der Waals surface area contributed by atoms with E-state index in [2.05, 4.69) is 4.98 Å². The molecular weight excluding hydrogens is 440 g/mol. The summed E-state index contributed by atoms with van der Waals surface area (Å²) in [6, 6.07) is 31.1. The van der Waals surface area contributed by atoms with Gasteiger partial charge in [-0.2, -0.15) is 4.98 Å². The fourth-order valence-corrected chi connectivity index (χ4v) is 4.01. The molecule has 0 bridgehead atoms. The second kappa shape index (κ2) is 9.73. The van der Waals surface area contributed by atoms with Gasteiger partial charge in [0.05, 0.1) is 0 Å². The van der Waals surface area contributed by atoms with Crippen LogP contribution < -0.4 is 9.47 Å². The van der Waals surface area contributed by atoms with E-state index in [0.717, 1.165) is 33.2 Å². The van der Waals surface area contributed by atoms with Crippen LogP contribution in [0, 0.1) is 0 Å². The van der Waals surface area contributed by atoms with Crippen molar-refractivity contribution in [1.29, 1.82) is 0 Å². The van der Waals surface area contributed by atoms with Crippen LogP contribution >= 0.6 is 0 Å². The first-order chi connectivity index (χ1) is 17.1. The summed E-state index contributed by atoms with van der Waals surface area (Å²) in [7, 11) is 1.75. The maximum atomic E-state index is 11.6. The predicted octanol–water partition coefficient (Wildman–Crippen LogP) is 6.10. The third-order valence-electron chi connectivity index (χ3n) is 5.86. The Labute approximate surface area is 203 Å². The molecule has 0 atom stereocenters. The van der Waals surface area contributed by atoms with Gasteiger partial charge in [0.1, 0.15) is 18.9 Å². The number of carboxylic acid groups (broad SMARTS) is 1. The van der Waals surface area contributed by atoms with Crippen molar-refractivity contribution in [3.05, 3.63) is 114 Å². The Bertz CT molecular complexity index is 1480. The molecule has 3 aromatic carbocycles. The largest absolute Gasteiger partial charge is 0.477 e. The van der Waals surface area contributed by atoms with Crippen LogP contribution in [-0.4, -0.2) is 20.6 Å². The summed E-state index contributed by atoms with van der Waals surface area (Å²) in [6.45, 7) is 0.763. The summed E-state index contributed by atoms with van der Waals surface area (Å²) >= 11 is 0. The fourth-order valence-electron chi connectivity index (χ4n) is 4.01. The van der Waals surface area contributed by atoms with Crippen molar-refractivity contribution in [1.82, 2.24) is 9.55 Å². The molecule has 0 saturated heterocycles. The van der Waals surface area contributed by atoms with Gasteiger partial charge < -0.3 is 19.1 Å². The summed E-state index contributed by atoms with van der Waals surface area (Å²) in [5.74, 6) is -0.0403. The standard InChI is InChI=1S/C29H24N2O4/c1-31-25-14-12-22(16-23(25)17-26(31)29(32)33)24-13-15-27(34-18-20-8-4-2-5-9-20)30-28(24)35-19-21-10-6-3-7-11-21/h2-17H,18-19H2,1H3,(H,32,33). The van der Waals surface area contributed by atoms with Gasteiger partial charge in [0.2, 0.25) is 11.8 Å². The van der Waals surface area contributed by atoms with E-state index in [9.17, 15) is 9.90 Å². The molecule has 0 unspecified atom stereocenters. The highest BCUT2D eigenvalue weighted by atomic mass is 16.5. The van der Waals surface area contributed by atoms with Crippen LogP contribution in [0.5, 0.6) is 11.8 Å². The zero-order chi connectivity index (χ0) is 24.2. The minimum absolute atomic E-state index is 0.237. The first-order valence-electron chi connectivity index (χ1n) is 11.3. The van der Waals surface area contributed by atoms with Crippen LogP contribution in [0.4, 0.5) is 0 Å². The summed E-state index contributed by atoms with van der Waals surface area (Å²) in [4.78, 5) is 16.2. The topological polar surface area (TPSA) is 73.6 Å². The molecule has 0 aliphatic rings. The number of aromatic nitrogens is 2. The first-order valence-corrected chi connectivity index (χ1v) is 11.3. The van der Waals surface area contributed by atoms with E-state index in [0.29, 0.717) is 25.0 Å². The first kappa shape index (κ1) is 22.2. The van der Waals surface area contributed by atoms with E-state index in [1.165, 1.54) is 0 Å². The number of carboxylic acids is 1. The van der Waals surface area contributed by atoms with Crippen molar-refractivity contribution in [2.24, 2.45) is 7.05 Å². The molecule has 0 spiro atoms. The third kappa shape index (κ3) is 4.87. The average Bonchev–Trinajstić information content (AvgIpc) is 3.23. The molecule has 2 heterocycles. The lowest BCUT2D eigenvalue weighted by Crippen LogP contribution is -2.03. The molecule has 1 N–H and O–H groups in total. The number of rotatable bonds is 8. The number of hydrogen-bond donors (Lipinski definition) is 1. The summed E-state index contributed by atoms with van der Waals surface area (Å²) in [6.07, 6.45) is 0. The number of aryl methyl sites for hydroxylation is 1.